The Bertz CT molecular complexity index is 539. The lowest BCUT2D eigenvalue weighted by Crippen LogP contribution is -2.40. The van der Waals surface area contributed by atoms with Crippen molar-refractivity contribution in [1.82, 2.24) is 4.90 Å². The number of benzene rings is 1. The fourth-order valence-electron chi connectivity index (χ4n) is 2.91. The summed E-state index contributed by atoms with van der Waals surface area (Å²) in [7, 11) is 0. The van der Waals surface area contributed by atoms with Crippen molar-refractivity contribution in [2.24, 2.45) is 5.92 Å². The van der Waals surface area contributed by atoms with Gasteiger partial charge in [0.2, 0.25) is 5.91 Å². The molecule has 0 aliphatic carbocycles. The molecule has 0 N–H and O–H groups in total. The Morgan fingerprint density at radius 1 is 1.26 bits per heavy atom. The van der Waals surface area contributed by atoms with Crippen LogP contribution in [0, 0.1) is 11.7 Å². The second-order valence-electron chi connectivity index (χ2n) is 5.85. The van der Waals surface area contributed by atoms with Gasteiger partial charge >= 0.3 is 5.97 Å². The first-order valence-corrected chi connectivity index (χ1v) is 8.29. The van der Waals surface area contributed by atoms with E-state index in [0.29, 0.717) is 57.4 Å². The number of esters is 1. The second kappa shape index (κ2) is 8.65. The topological polar surface area (TPSA) is 46.6 Å². The second-order valence-corrected chi connectivity index (χ2v) is 5.85. The number of carbonyl (C=O) groups excluding carboxylic acids is 2. The zero-order chi connectivity index (χ0) is 16.7. The number of halogens is 1. The van der Waals surface area contributed by atoms with E-state index in [1.54, 1.807) is 30.0 Å². The molecule has 126 valence electrons. The fourth-order valence-corrected chi connectivity index (χ4v) is 2.91. The third kappa shape index (κ3) is 5.05. The quantitative estimate of drug-likeness (QED) is 0.757. The van der Waals surface area contributed by atoms with Crippen LogP contribution in [0.3, 0.4) is 0 Å². The van der Waals surface area contributed by atoms with Crippen LogP contribution < -0.4 is 0 Å². The Kier molecular flexibility index (Phi) is 6.56. The first kappa shape index (κ1) is 17.4. The van der Waals surface area contributed by atoms with Gasteiger partial charge in [-0.05, 0) is 44.2 Å². The average Bonchev–Trinajstić information content (AvgIpc) is 2.57. The molecule has 0 bridgehead atoms. The molecule has 0 spiro atoms. The highest BCUT2D eigenvalue weighted by Gasteiger charge is 2.27. The minimum Gasteiger partial charge on any atom is -0.466 e. The van der Waals surface area contributed by atoms with Crippen molar-refractivity contribution < 1.29 is 18.7 Å². The summed E-state index contributed by atoms with van der Waals surface area (Å²) in [4.78, 5) is 25.7. The van der Waals surface area contributed by atoms with Gasteiger partial charge in [-0.2, -0.15) is 0 Å². The number of likely N-dealkylation sites (tertiary alicyclic amines) is 1. The average molecular weight is 321 g/mol. The maximum atomic E-state index is 13.5. The number of piperidine rings is 1. The molecule has 0 aromatic heterocycles. The van der Waals surface area contributed by atoms with E-state index in [1.165, 1.54) is 6.07 Å². The molecule has 0 unspecified atom stereocenters. The van der Waals surface area contributed by atoms with E-state index in [2.05, 4.69) is 0 Å². The fraction of sp³-hybridized carbons (Fsp3) is 0.556. The zero-order valence-corrected chi connectivity index (χ0v) is 13.6. The molecule has 2 rings (SSSR count). The summed E-state index contributed by atoms with van der Waals surface area (Å²) in [5.74, 6) is -0.365. The number of rotatable bonds is 6. The third-order valence-electron chi connectivity index (χ3n) is 4.26. The summed E-state index contributed by atoms with van der Waals surface area (Å²) in [6, 6.07) is 6.67. The monoisotopic (exact) mass is 321 g/mol. The summed E-state index contributed by atoms with van der Waals surface area (Å²) >= 11 is 0. The van der Waals surface area contributed by atoms with Crippen molar-refractivity contribution in [3.8, 4) is 0 Å². The van der Waals surface area contributed by atoms with Crippen LogP contribution in [0.4, 0.5) is 4.39 Å². The predicted octanol–water partition coefficient (Wildman–Crippen LogP) is 2.95. The Morgan fingerprint density at radius 3 is 2.61 bits per heavy atom. The van der Waals surface area contributed by atoms with Crippen molar-refractivity contribution in [3.63, 3.8) is 0 Å². The van der Waals surface area contributed by atoms with Gasteiger partial charge in [-0.3, -0.25) is 9.59 Å². The van der Waals surface area contributed by atoms with Gasteiger partial charge in [-0.25, -0.2) is 4.39 Å². The molecule has 1 aliphatic heterocycles. The Hall–Kier alpha value is -1.91. The van der Waals surface area contributed by atoms with E-state index < -0.39 is 0 Å². The van der Waals surface area contributed by atoms with E-state index in [1.807, 2.05) is 0 Å². The lowest BCUT2D eigenvalue weighted by molar-refractivity contribution is -0.151. The Morgan fingerprint density at radius 2 is 1.96 bits per heavy atom. The molecule has 4 nitrogen and oxygen atoms in total. The smallest absolute Gasteiger partial charge is 0.309 e. The maximum Gasteiger partial charge on any atom is 0.309 e. The van der Waals surface area contributed by atoms with Crippen molar-refractivity contribution in [2.45, 2.75) is 39.0 Å². The maximum absolute atomic E-state index is 13.5. The molecule has 1 aromatic rings. The van der Waals surface area contributed by atoms with Gasteiger partial charge in [-0.15, -0.1) is 0 Å². The number of hydrogen-bond acceptors (Lipinski definition) is 3. The predicted molar refractivity (Wildman–Crippen MR) is 85.3 cm³/mol. The summed E-state index contributed by atoms with van der Waals surface area (Å²) in [6.45, 7) is 3.39. The highest BCUT2D eigenvalue weighted by atomic mass is 19.1. The standard InChI is InChI=1S/C18H24FNO3/c1-2-23-18(22)15-10-12-20(13-11-15)17(21)9-5-7-14-6-3-4-8-16(14)19/h3-4,6,8,15H,2,5,7,9-13H2,1H3. The van der Waals surface area contributed by atoms with Crippen molar-refractivity contribution >= 4 is 11.9 Å². The number of carbonyl (C=O) groups is 2. The lowest BCUT2D eigenvalue weighted by atomic mass is 9.96. The van der Waals surface area contributed by atoms with Crippen molar-refractivity contribution in [3.05, 3.63) is 35.6 Å². The molecule has 0 atom stereocenters. The molecule has 5 heteroatoms. The van der Waals surface area contributed by atoms with E-state index in [4.69, 9.17) is 4.74 Å². The summed E-state index contributed by atoms with van der Waals surface area (Å²) in [5.41, 5.74) is 0.654. The first-order chi connectivity index (χ1) is 11.1. The van der Waals surface area contributed by atoms with Crippen LogP contribution in [0.2, 0.25) is 0 Å². The SMILES string of the molecule is CCOC(=O)C1CCN(C(=O)CCCc2ccccc2F)CC1. The summed E-state index contributed by atoms with van der Waals surface area (Å²) in [6.07, 6.45) is 2.95. The van der Waals surface area contributed by atoms with Crippen LogP contribution in [0.5, 0.6) is 0 Å². The van der Waals surface area contributed by atoms with Gasteiger partial charge in [0, 0.05) is 19.5 Å². The van der Waals surface area contributed by atoms with Crippen LogP contribution in [-0.4, -0.2) is 36.5 Å². The van der Waals surface area contributed by atoms with E-state index >= 15 is 0 Å². The normalized spacial score (nSPS) is 15.5. The van der Waals surface area contributed by atoms with E-state index in [9.17, 15) is 14.0 Å². The van der Waals surface area contributed by atoms with Crippen LogP contribution in [0.25, 0.3) is 0 Å². The van der Waals surface area contributed by atoms with Gasteiger partial charge in [0.25, 0.3) is 0 Å². The molecular formula is C18H24FNO3. The number of nitrogens with zero attached hydrogens (tertiary/aromatic N) is 1. The number of ether oxygens (including phenoxy) is 1. The van der Waals surface area contributed by atoms with Crippen LogP contribution >= 0.6 is 0 Å². The molecular weight excluding hydrogens is 297 g/mol. The van der Waals surface area contributed by atoms with Crippen LogP contribution in [0.15, 0.2) is 24.3 Å². The minimum absolute atomic E-state index is 0.0857. The molecule has 1 aliphatic rings. The Labute approximate surface area is 136 Å². The van der Waals surface area contributed by atoms with Gasteiger partial charge in [0.1, 0.15) is 5.82 Å². The van der Waals surface area contributed by atoms with Gasteiger partial charge in [-0.1, -0.05) is 18.2 Å². The molecule has 1 heterocycles. The highest BCUT2D eigenvalue weighted by Crippen LogP contribution is 2.20. The van der Waals surface area contributed by atoms with Gasteiger partial charge in [0.15, 0.2) is 0 Å². The molecule has 0 radical (unpaired) electrons. The van der Waals surface area contributed by atoms with Crippen LogP contribution in [0.1, 0.15) is 38.2 Å². The number of amides is 1. The number of hydrogen-bond donors (Lipinski definition) is 0. The number of aryl methyl sites for hydroxylation is 1. The van der Waals surface area contributed by atoms with Gasteiger partial charge in [0.05, 0.1) is 12.5 Å². The molecule has 0 saturated carbocycles. The molecule has 1 aromatic carbocycles. The lowest BCUT2D eigenvalue weighted by Gasteiger charge is -2.31. The largest absolute Gasteiger partial charge is 0.466 e. The third-order valence-corrected chi connectivity index (χ3v) is 4.26. The van der Waals surface area contributed by atoms with E-state index in [0.717, 1.165) is 0 Å². The van der Waals surface area contributed by atoms with Crippen LogP contribution in [-0.2, 0) is 20.7 Å². The summed E-state index contributed by atoms with van der Waals surface area (Å²) in [5, 5.41) is 0. The first-order valence-electron chi connectivity index (χ1n) is 8.29. The Balaban J connectivity index is 1.71. The molecule has 1 fully saturated rings. The van der Waals surface area contributed by atoms with E-state index in [-0.39, 0.29) is 23.6 Å². The zero-order valence-electron chi connectivity index (χ0n) is 13.6. The molecule has 23 heavy (non-hydrogen) atoms. The van der Waals surface area contributed by atoms with Gasteiger partial charge < -0.3 is 9.64 Å². The molecule has 1 saturated heterocycles. The highest BCUT2D eigenvalue weighted by molar-refractivity contribution is 5.77. The minimum atomic E-state index is -0.213. The van der Waals surface area contributed by atoms with Crippen molar-refractivity contribution in [1.29, 1.82) is 0 Å². The van der Waals surface area contributed by atoms with Crippen molar-refractivity contribution in [2.75, 3.05) is 19.7 Å². The summed E-state index contributed by atoms with van der Waals surface area (Å²) < 4.78 is 18.5. The molecule has 1 amide bonds.